The van der Waals surface area contributed by atoms with Crippen molar-refractivity contribution in [3.05, 3.63) is 77.9 Å². The van der Waals surface area contributed by atoms with Crippen molar-refractivity contribution in [3.8, 4) is 10.4 Å². The molecule has 3 rings (SSSR count). The molecule has 0 aliphatic heterocycles. The highest BCUT2D eigenvalue weighted by atomic mass is 32.1. The number of nitrogens with one attached hydrogen (secondary N) is 1. The zero-order valence-electron chi connectivity index (χ0n) is 16.6. The zero-order chi connectivity index (χ0) is 20.6. The predicted molar refractivity (Wildman–Crippen MR) is 116 cm³/mol. The number of hydrogen-bond donors (Lipinski definition) is 2. The molecule has 0 aliphatic rings. The van der Waals surface area contributed by atoms with Crippen molar-refractivity contribution >= 4 is 28.2 Å². The number of ether oxygens (including phenoxy) is 1. The van der Waals surface area contributed by atoms with Crippen LogP contribution in [0.25, 0.3) is 10.4 Å². The first-order valence-corrected chi connectivity index (χ1v) is 10.4. The van der Waals surface area contributed by atoms with Gasteiger partial charge in [0, 0.05) is 10.4 Å². The minimum Gasteiger partial charge on any atom is -0.462 e. The van der Waals surface area contributed by atoms with Gasteiger partial charge >= 0.3 is 5.97 Å². The van der Waals surface area contributed by atoms with Gasteiger partial charge in [-0.15, -0.1) is 11.3 Å². The van der Waals surface area contributed by atoms with Gasteiger partial charge in [0.25, 0.3) is 5.91 Å². The fourth-order valence-electron chi connectivity index (χ4n) is 2.85. The minimum absolute atomic E-state index is 0.145. The molecule has 0 fully saturated rings. The van der Waals surface area contributed by atoms with Crippen LogP contribution in [0.2, 0.25) is 0 Å². The second-order valence-corrected chi connectivity index (χ2v) is 7.70. The largest absolute Gasteiger partial charge is 0.462 e. The Bertz CT molecular complexity index is 955. The molecule has 0 bridgehead atoms. The third-order valence-corrected chi connectivity index (χ3v) is 5.59. The highest BCUT2D eigenvalue weighted by Crippen LogP contribution is 2.35. The topological polar surface area (TPSA) is 72.0 Å². The number of rotatable bonds is 8. The number of nitrogens with two attached hydrogens (primary N) is 1. The number of esters is 1. The van der Waals surface area contributed by atoms with Gasteiger partial charge in [-0.25, -0.2) is 4.79 Å². The average Bonchev–Trinajstić information content (AvgIpc) is 3.17. The maximum absolute atomic E-state index is 12.7. The van der Waals surface area contributed by atoms with Crippen molar-refractivity contribution in [2.24, 2.45) is 0 Å². The fraction of sp³-hybridized carbons (Fsp3) is 0.217. The van der Waals surface area contributed by atoms with Crippen molar-refractivity contribution in [1.82, 2.24) is 0 Å². The molecule has 0 saturated carbocycles. The van der Waals surface area contributed by atoms with Crippen LogP contribution in [0.1, 0.15) is 29.8 Å². The Morgan fingerprint density at radius 3 is 2.38 bits per heavy atom. The van der Waals surface area contributed by atoms with Gasteiger partial charge in [-0.3, -0.25) is 4.79 Å². The molecule has 0 radical (unpaired) electrons. The van der Waals surface area contributed by atoms with Crippen LogP contribution in [-0.4, -0.2) is 24.5 Å². The lowest BCUT2D eigenvalue weighted by molar-refractivity contribution is -0.688. The molecule has 3 aromatic rings. The molecule has 150 valence electrons. The Balaban J connectivity index is 1.74. The summed E-state index contributed by atoms with van der Waals surface area (Å²) >= 11 is 1.38. The Kier molecular flexibility index (Phi) is 7.16. The van der Waals surface area contributed by atoms with Crippen LogP contribution in [0, 0.1) is 0 Å². The third kappa shape index (κ3) is 5.53. The molecule has 1 amide bonds. The summed E-state index contributed by atoms with van der Waals surface area (Å²) in [5.41, 5.74) is 2.54. The first-order chi connectivity index (χ1) is 14.1. The molecule has 1 aromatic heterocycles. The molecule has 3 N–H and O–H groups in total. The molecule has 1 heterocycles. The first kappa shape index (κ1) is 20.8. The lowest BCUT2D eigenvalue weighted by Crippen LogP contribution is -2.90. The van der Waals surface area contributed by atoms with Crippen LogP contribution in [0.3, 0.4) is 0 Å². The van der Waals surface area contributed by atoms with Gasteiger partial charge in [-0.1, -0.05) is 60.7 Å². The summed E-state index contributed by atoms with van der Waals surface area (Å²) in [6.45, 7) is 4.61. The minimum atomic E-state index is -0.429. The normalized spacial score (nSPS) is 11.7. The van der Waals surface area contributed by atoms with Crippen LogP contribution in [0.4, 0.5) is 5.00 Å². The van der Waals surface area contributed by atoms with Crippen molar-refractivity contribution in [2.75, 3.05) is 11.9 Å². The molecule has 2 aromatic carbocycles. The Labute approximate surface area is 174 Å². The van der Waals surface area contributed by atoms with Crippen molar-refractivity contribution < 1.29 is 19.6 Å². The van der Waals surface area contributed by atoms with Gasteiger partial charge in [0.2, 0.25) is 0 Å². The molecule has 6 heteroatoms. The predicted octanol–water partition coefficient (Wildman–Crippen LogP) is 3.68. The second kappa shape index (κ2) is 10.0. The number of carbonyl (C=O) groups excluding carboxylic acids is 2. The van der Waals surface area contributed by atoms with Crippen LogP contribution >= 0.6 is 11.3 Å². The molecular weight excluding hydrogens is 384 g/mol. The van der Waals surface area contributed by atoms with E-state index >= 15 is 0 Å². The average molecular weight is 410 g/mol. The van der Waals surface area contributed by atoms with Crippen LogP contribution in [0.15, 0.2) is 66.7 Å². The molecule has 1 atom stereocenters. The number of quaternary nitrogens is 1. The standard InChI is InChI=1S/C23H24N2O3S/c1-3-28-23(27)19-14-20(18-12-8-5-9-13-18)29-22(19)25-21(26)16(2)24-15-17-10-6-4-7-11-17/h4-14,16,24H,3,15H2,1-2H3,(H,25,26)/p+1/t16-/m1/s1. The van der Waals surface area contributed by atoms with E-state index in [4.69, 9.17) is 4.74 Å². The smallest absolute Gasteiger partial charge is 0.341 e. The quantitative estimate of drug-likeness (QED) is 0.558. The van der Waals surface area contributed by atoms with Crippen molar-refractivity contribution in [3.63, 3.8) is 0 Å². The van der Waals surface area contributed by atoms with E-state index in [-0.39, 0.29) is 18.6 Å². The number of thiophene rings is 1. The second-order valence-electron chi connectivity index (χ2n) is 6.64. The summed E-state index contributed by atoms with van der Waals surface area (Å²) in [5, 5.41) is 5.42. The van der Waals surface area contributed by atoms with Gasteiger partial charge in [0.1, 0.15) is 11.5 Å². The van der Waals surface area contributed by atoms with Gasteiger partial charge < -0.3 is 15.4 Å². The Hall–Kier alpha value is -2.96. The van der Waals surface area contributed by atoms with Gasteiger partial charge in [0.15, 0.2) is 6.04 Å². The van der Waals surface area contributed by atoms with E-state index in [0.29, 0.717) is 17.1 Å². The van der Waals surface area contributed by atoms with E-state index in [1.165, 1.54) is 11.3 Å². The number of amides is 1. The van der Waals surface area contributed by atoms with Gasteiger partial charge in [-0.2, -0.15) is 0 Å². The first-order valence-electron chi connectivity index (χ1n) is 9.63. The maximum Gasteiger partial charge on any atom is 0.341 e. The third-order valence-electron chi connectivity index (χ3n) is 4.49. The summed E-state index contributed by atoms with van der Waals surface area (Å²) in [4.78, 5) is 26.0. The summed E-state index contributed by atoms with van der Waals surface area (Å²) in [6.07, 6.45) is 0. The monoisotopic (exact) mass is 409 g/mol. The van der Waals surface area contributed by atoms with Crippen LogP contribution in [0.5, 0.6) is 0 Å². The van der Waals surface area contributed by atoms with Gasteiger partial charge in [0.05, 0.1) is 12.2 Å². The molecule has 5 nitrogen and oxygen atoms in total. The molecule has 0 aliphatic carbocycles. The highest BCUT2D eigenvalue weighted by molar-refractivity contribution is 7.20. The summed E-state index contributed by atoms with van der Waals surface area (Å²) in [7, 11) is 0. The molecular formula is C23H25N2O3S+. The summed E-state index contributed by atoms with van der Waals surface area (Å²) in [6, 6.07) is 21.3. The lowest BCUT2D eigenvalue weighted by atomic mass is 10.1. The summed E-state index contributed by atoms with van der Waals surface area (Å²) < 4.78 is 5.17. The Morgan fingerprint density at radius 1 is 1.07 bits per heavy atom. The number of benzene rings is 2. The van der Waals surface area contributed by atoms with Crippen LogP contribution in [-0.2, 0) is 16.1 Å². The molecule has 0 saturated heterocycles. The number of hydrogen-bond acceptors (Lipinski definition) is 4. The van der Waals surface area contributed by atoms with Crippen molar-refractivity contribution in [1.29, 1.82) is 0 Å². The summed E-state index contributed by atoms with van der Waals surface area (Å²) in [5.74, 6) is -0.574. The van der Waals surface area contributed by atoms with E-state index in [1.54, 1.807) is 13.0 Å². The molecule has 0 spiro atoms. The van der Waals surface area contributed by atoms with Crippen LogP contribution < -0.4 is 10.6 Å². The van der Waals surface area contributed by atoms with Crippen molar-refractivity contribution in [2.45, 2.75) is 26.4 Å². The fourth-order valence-corrected chi connectivity index (χ4v) is 3.90. The zero-order valence-corrected chi connectivity index (χ0v) is 17.4. The maximum atomic E-state index is 12.7. The van der Waals surface area contributed by atoms with E-state index in [2.05, 4.69) is 5.32 Å². The van der Waals surface area contributed by atoms with E-state index in [1.807, 2.05) is 72.9 Å². The van der Waals surface area contributed by atoms with Gasteiger partial charge in [-0.05, 0) is 25.5 Å². The van der Waals surface area contributed by atoms with E-state index < -0.39 is 5.97 Å². The lowest BCUT2D eigenvalue weighted by Gasteiger charge is -2.11. The number of carbonyl (C=O) groups is 2. The molecule has 29 heavy (non-hydrogen) atoms. The SMILES string of the molecule is CCOC(=O)c1cc(-c2ccccc2)sc1NC(=O)[C@@H](C)[NH2+]Cc1ccccc1. The highest BCUT2D eigenvalue weighted by Gasteiger charge is 2.23. The molecule has 0 unspecified atom stereocenters. The van der Waals surface area contributed by atoms with E-state index in [0.717, 1.165) is 16.0 Å². The van der Waals surface area contributed by atoms with E-state index in [9.17, 15) is 9.59 Å². The Morgan fingerprint density at radius 2 is 1.72 bits per heavy atom. The number of anilines is 1.